The second kappa shape index (κ2) is 9.45. The van der Waals surface area contributed by atoms with Gasteiger partial charge < -0.3 is 15.5 Å². The van der Waals surface area contributed by atoms with Crippen LogP contribution in [0.4, 0.5) is 4.39 Å². The number of aromatic nitrogens is 1. The number of likely N-dealkylation sites (tertiary alicyclic amines) is 1. The predicted molar refractivity (Wildman–Crippen MR) is 91.9 cm³/mol. The highest BCUT2D eigenvalue weighted by molar-refractivity contribution is 5.79. The normalized spacial score (nSPS) is 17.3. The fourth-order valence-electron chi connectivity index (χ4n) is 2.73. The lowest BCUT2D eigenvalue weighted by Gasteiger charge is -2.30. The summed E-state index contributed by atoms with van der Waals surface area (Å²) >= 11 is 0. The highest BCUT2D eigenvalue weighted by atomic mass is 19.1. The molecule has 0 unspecified atom stereocenters. The van der Waals surface area contributed by atoms with Gasteiger partial charge in [0.15, 0.2) is 5.96 Å². The zero-order chi connectivity index (χ0) is 16.5. The number of rotatable bonds is 6. The molecule has 2 heterocycles. The molecule has 1 aromatic heterocycles. The first-order chi connectivity index (χ1) is 11.2. The maximum Gasteiger partial charge on any atom is 0.191 e. The summed E-state index contributed by atoms with van der Waals surface area (Å²) in [5.41, 5.74) is 0.401. The number of piperidine rings is 1. The van der Waals surface area contributed by atoms with Crippen molar-refractivity contribution < 1.29 is 4.39 Å². The molecule has 6 heteroatoms. The van der Waals surface area contributed by atoms with E-state index in [0.29, 0.717) is 18.2 Å². The second-order valence-corrected chi connectivity index (χ2v) is 6.16. The van der Waals surface area contributed by atoms with Crippen molar-refractivity contribution in [3.8, 4) is 0 Å². The molecule has 1 aromatic rings. The third kappa shape index (κ3) is 6.14. The van der Waals surface area contributed by atoms with Crippen molar-refractivity contribution in [2.45, 2.75) is 32.7 Å². The maximum atomic E-state index is 13.5. The van der Waals surface area contributed by atoms with Crippen molar-refractivity contribution in [2.24, 2.45) is 10.9 Å². The summed E-state index contributed by atoms with van der Waals surface area (Å²) in [4.78, 5) is 10.7. The number of aliphatic imine (C=N–C) groups is 1. The predicted octanol–water partition coefficient (Wildman–Crippen LogP) is 2.01. The monoisotopic (exact) mass is 321 g/mol. The Bertz CT molecular complexity index is 498. The summed E-state index contributed by atoms with van der Waals surface area (Å²) in [5.74, 6) is 1.26. The summed E-state index contributed by atoms with van der Waals surface area (Å²) in [6, 6.07) is 3.01. The van der Waals surface area contributed by atoms with E-state index in [1.807, 2.05) is 0 Å². The van der Waals surface area contributed by atoms with Crippen LogP contribution in [0.5, 0.6) is 0 Å². The first-order valence-corrected chi connectivity index (χ1v) is 8.45. The van der Waals surface area contributed by atoms with Crippen LogP contribution in [0.1, 0.15) is 31.9 Å². The molecule has 0 aliphatic carbocycles. The summed E-state index contributed by atoms with van der Waals surface area (Å²) < 4.78 is 13.5. The second-order valence-electron chi connectivity index (χ2n) is 6.16. The molecule has 1 aliphatic rings. The lowest BCUT2D eigenvalue weighted by Crippen LogP contribution is -2.39. The Morgan fingerprint density at radius 3 is 2.87 bits per heavy atom. The van der Waals surface area contributed by atoms with E-state index in [2.05, 4.69) is 32.4 Å². The van der Waals surface area contributed by atoms with Gasteiger partial charge in [-0.3, -0.25) is 9.98 Å². The summed E-state index contributed by atoms with van der Waals surface area (Å²) in [6.07, 6.45) is 5.29. The standard InChI is InChI=1S/C17H28FN5/c1-14-6-11-23(12-7-14)10-4-9-21-17(19-2)22-13-16-15(18)5-3-8-20-16/h3,5,8,14H,4,6-7,9-13H2,1-2H3,(H2,19,21,22). The van der Waals surface area contributed by atoms with Gasteiger partial charge in [-0.1, -0.05) is 6.92 Å². The van der Waals surface area contributed by atoms with E-state index >= 15 is 0 Å². The van der Waals surface area contributed by atoms with Crippen LogP contribution in [0.3, 0.4) is 0 Å². The van der Waals surface area contributed by atoms with E-state index in [-0.39, 0.29) is 5.82 Å². The molecule has 0 spiro atoms. The quantitative estimate of drug-likeness (QED) is 0.478. The molecule has 0 saturated carbocycles. The zero-order valence-corrected chi connectivity index (χ0v) is 14.2. The molecule has 1 saturated heterocycles. The zero-order valence-electron chi connectivity index (χ0n) is 14.2. The third-order valence-electron chi connectivity index (χ3n) is 4.30. The number of pyridine rings is 1. The molecule has 0 radical (unpaired) electrons. The highest BCUT2D eigenvalue weighted by Crippen LogP contribution is 2.15. The van der Waals surface area contributed by atoms with Crippen LogP contribution in [0.2, 0.25) is 0 Å². The number of hydrogen-bond donors (Lipinski definition) is 2. The van der Waals surface area contributed by atoms with Crippen LogP contribution < -0.4 is 10.6 Å². The summed E-state index contributed by atoms with van der Waals surface area (Å²) in [5, 5.41) is 6.36. The molecule has 23 heavy (non-hydrogen) atoms. The summed E-state index contributed by atoms with van der Waals surface area (Å²) in [7, 11) is 1.72. The van der Waals surface area contributed by atoms with Gasteiger partial charge in [-0.15, -0.1) is 0 Å². The average molecular weight is 321 g/mol. The Kier molecular flexibility index (Phi) is 7.26. The van der Waals surface area contributed by atoms with E-state index in [4.69, 9.17) is 0 Å². The van der Waals surface area contributed by atoms with Crippen molar-refractivity contribution in [3.05, 3.63) is 29.8 Å². The van der Waals surface area contributed by atoms with Crippen molar-refractivity contribution in [2.75, 3.05) is 33.2 Å². The Labute approximate surface area is 138 Å². The number of halogens is 1. The molecule has 0 aromatic carbocycles. The largest absolute Gasteiger partial charge is 0.356 e. The molecule has 2 N–H and O–H groups in total. The Morgan fingerprint density at radius 1 is 1.39 bits per heavy atom. The van der Waals surface area contributed by atoms with Crippen molar-refractivity contribution in [1.29, 1.82) is 0 Å². The van der Waals surface area contributed by atoms with E-state index in [0.717, 1.165) is 25.4 Å². The Hall–Kier alpha value is -1.69. The van der Waals surface area contributed by atoms with Gasteiger partial charge in [-0.25, -0.2) is 4.39 Å². The van der Waals surface area contributed by atoms with Gasteiger partial charge in [-0.05, 0) is 56.9 Å². The topological polar surface area (TPSA) is 52.6 Å². The minimum absolute atomic E-state index is 0.297. The molecule has 2 rings (SSSR count). The fourth-order valence-corrected chi connectivity index (χ4v) is 2.73. The Balaban J connectivity index is 1.62. The van der Waals surface area contributed by atoms with Gasteiger partial charge in [0.05, 0.1) is 12.2 Å². The van der Waals surface area contributed by atoms with Gasteiger partial charge in [0.1, 0.15) is 5.82 Å². The van der Waals surface area contributed by atoms with E-state index in [1.165, 1.54) is 32.0 Å². The fraction of sp³-hybridized carbons (Fsp3) is 0.647. The number of hydrogen-bond acceptors (Lipinski definition) is 3. The smallest absolute Gasteiger partial charge is 0.191 e. The van der Waals surface area contributed by atoms with Crippen LogP contribution >= 0.6 is 0 Å². The molecular weight excluding hydrogens is 293 g/mol. The third-order valence-corrected chi connectivity index (χ3v) is 4.30. The molecule has 0 bridgehead atoms. The van der Waals surface area contributed by atoms with Crippen LogP contribution in [0.15, 0.2) is 23.3 Å². The lowest BCUT2D eigenvalue weighted by molar-refractivity contribution is 0.191. The lowest BCUT2D eigenvalue weighted by atomic mass is 9.99. The maximum absolute atomic E-state index is 13.5. The molecular formula is C17H28FN5. The van der Waals surface area contributed by atoms with Crippen LogP contribution in [0.25, 0.3) is 0 Å². The van der Waals surface area contributed by atoms with E-state index < -0.39 is 0 Å². The van der Waals surface area contributed by atoms with Gasteiger partial charge in [0.2, 0.25) is 0 Å². The number of nitrogens with zero attached hydrogens (tertiary/aromatic N) is 3. The van der Waals surface area contributed by atoms with Gasteiger partial charge in [0.25, 0.3) is 0 Å². The van der Waals surface area contributed by atoms with Crippen molar-refractivity contribution in [1.82, 2.24) is 20.5 Å². The summed E-state index contributed by atoms with van der Waals surface area (Å²) in [6.45, 7) is 7.07. The highest BCUT2D eigenvalue weighted by Gasteiger charge is 2.14. The molecule has 1 fully saturated rings. The van der Waals surface area contributed by atoms with Gasteiger partial charge in [-0.2, -0.15) is 0 Å². The van der Waals surface area contributed by atoms with Crippen LogP contribution in [-0.2, 0) is 6.54 Å². The average Bonchev–Trinajstić information content (AvgIpc) is 2.57. The molecule has 128 valence electrons. The van der Waals surface area contributed by atoms with Crippen molar-refractivity contribution in [3.63, 3.8) is 0 Å². The Morgan fingerprint density at radius 2 is 2.17 bits per heavy atom. The molecule has 1 aliphatic heterocycles. The minimum Gasteiger partial charge on any atom is -0.356 e. The molecule has 0 atom stereocenters. The van der Waals surface area contributed by atoms with Crippen molar-refractivity contribution >= 4 is 5.96 Å². The number of nitrogens with one attached hydrogen (secondary N) is 2. The SMILES string of the molecule is CN=C(NCCCN1CCC(C)CC1)NCc1ncccc1F. The van der Waals surface area contributed by atoms with Gasteiger partial charge >= 0.3 is 0 Å². The molecule has 0 amide bonds. The first kappa shape index (κ1) is 17.7. The minimum atomic E-state index is -0.297. The molecule has 5 nitrogen and oxygen atoms in total. The van der Waals surface area contributed by atoms with Gasteiger partial charge in [0, 0.05) is 19.8 Å². The van der Waals surface area contributed by atoms with E-state index in [1.54, 1.807) is 19.3 Å². The first-order valence-electron chi connectivity index (χ1n) is 8.45. The van der Waals surface area contributed by atoms with Crippen LogP contribution in [-0.4, -0.2) is 49.1 Å². The number of guanidine groups is 1. The van der Waals surface area contributed by atoms with Crippen LogP contribution in [0, 0.1) is 11.7 Å². The van der Waals surface area contributed by atoms with E-state index in [9.17, 15) is 4.39 Å².